The van der Waals surface area contributed by atoms with E-state index in [1.54, 1.807) is 30.3 Å². The number of Topliss-reactive ketones (excluding diaryl/α,β-unsaturated/α-hetero) is 1. The predicted molar refractivity (Wildman–Crippen MR) is 127 cm³/mol. The van der Waals surface area contributed by atoms with Crippen LogP contribution in [0.2, 0.25) is 0 Å². The van der Waals surface area contributed by atoms with E-state index in [4.69, 9.17) is 14.2 Å². The van der Waals surface area contributed by atoms with Crippen molar-refractivity contribution in [3.8, 4) is 11.5 Å². The summed E-state index contributed by atoms with van der Waals surface area (Å²) in [6.45, 7) is 6.49. The average molecular weight is 443 g/mol. The second-order valence-corrected chi connectivity index (χ2v) is 8.30. The summed E-state index contributed by atoms with van der Waals surface area (Å²) in [7, 11) is 1.35. The summed E-state index contributed by atoms with van der Waals surface area (Å²) in [6.07, 6.45) is 1.77. The van der Waals surface area contributed by atoms with Crippen molar-refractivity contribution in [2.75, 3.05) is 7.11 Å². The summed E-state index contributed by atoms with van der Waals surface area (Å²) in [5, 5.41) is 0. The Morgan fingerprint density at radius 3 is 2.33 bits per heavy atom. The molecule has 0 fully saturated rings. The number of carbonyl (C=O) groups is 2. The van der Waals surface area contributed by atoms with Gasteiger partial charge >= 0.3 is 5.97 Å². The summed E-state index contributed by atoms with van der Waals surface area (Å²) < 4.78 is 16.6. The fourth-order valence-corrected chi connectivity index (χ4v) is 3.67. The van der Waals surface area contributed by atoms with Gasteiger partial charge in [-0.2, -0.15) is 0 Å². The quantitative estimate of drug-likeness (QED) is 0.341. The van der Waals surface area contributed by atoms with Crippen molar-refractivity contribution in [2.45, 2.75) is 33.3 Å². The number of methoxy groups -OCH3 is 1. The third-order valence-electron chi connectivity index (χ3n) is 5.71. The van der Waals surface area contributed by atoms with Crippen LogP contribution < -0.4 is 9.47 Å². The molecular formula is C28H26O5. The van der Waals surface area contributed by atoms with E-state index < -0.39 is 0 Å². The maximum absolute atomic E-state index is 12.9. The molecule has 168 valence electrons. The van der Waals surface area contributed by atoms with E-state index in [-0.39, 0.29) is 11.8 Å². The van der Waals surface area contributed by atoms with Gasteiger partial charge in [0.15, 0.2) is 5.76 Å². The minimum Gasteiger partial charge on any atom is -0.488 e. The van der Waals surface area contributed by atoms with Crippen LogP contribution in [0, 0.1) is 6.92 Å². The van der Waals surface area contributed by atoms with Crippen LogP contribution in [0.1, 0.15) is 62.7 Å². The SMILES string of the molecule is COC(=O)c1ccc(COc2ccc3c(c2C)O/C(=C\c2ccc(C(C)C)cc2)C3=O)cc1. The Morgan fingerprint density at radius 2 is 1.70 bits per heavy atom. The summed E-state index contributed by atoms with van der Waals surface area (Å²) in [5.74, 6) is 1.42. The van der Waals surface area contributed by atoms with Crippen molar-refractivity contribution in [3.63, 3.8) is 0 Å². The van der Waals surface area contributed by atoms with Crippen LogP contribution in [-0.4, -0.2) is 18.9 Å². The number of ether oxygens (including phenoxy) is 3. The van der Waals surface area contributed by atoms with E-state index in [1.807, 2.05) is 31.2 Å². The summed E-state index contributed by atoms with van der Waals surface area (Å²) in [4.78, 5) is 24.4. The fraction of sp³-hybridized carbons (Fsp3) is 0.214. The largest absolute Gasteiger partial charge is 0.488 e. The Balaban J connectivity index is 1.49. The van der Waals surface area contributed by atoms with Crippen LogP contribution in [0.5, 0.6) is 11.5 Å². The van der Waals surface area contributed by atoms with Gasteiger partial charge in [-0.15, -0.1) is 0 Å². The van der Waals surface area contributed by atoms with E-state index in [2.05, 4.69) is 26.0 Å². The van der Waals surface area contributed by atoms with Crippen molar-refractivity contribution in [3.05, 3.63) is 99.8 Å². The second-order valence-electron chi connectivity index (χ2n) is 8.30. The molecule has 1 heterocycles. The summed E-state index contributed by atoms with van der Waals surface area (Å²) in [6, 6.07) is 18.7. The predicted octanol–water partition coefficient (Wildman–Crippen LogP) is 6.10. The first-order valence-corrected chi connectivity index (χ1v) is 10.8. The molecule has 3 aromatic carbocycles. The van der Waals surface area contributed by atoms with Gasteiger partial charge in [0, 0.05) is 5.56 Å². The van der Waals surface area contributed by atoms with Gasteiger partial charge in [-0.05, 0) is 59.9 Å². The van der Waals surface area contributed by atoms with Crippen LogP contribution in [-0.2, 0) is 11.3 Å². The zero-order valence-electron chi connectivity index (χ0n) is 19.2. The number of allylic oxidation sites excluding steroid dienone is 1. The van der Waals surface area contributed by atoms with E-state index in [0.717, 1.165) is 16.7 Å². The molecule has 0 aromatic heterocycles. The van der Waals surface area contributed by atoms with E-state index in [0.29, 0.717) is 40.9 Å². The molecule has 1 aliphatic rings. The first kappa shape index (κ1) is 22.3. The normalized spacial score (nSPS) is 13.7. The highest BCUT2D eigenvalue weighted by atomic mass is 16.5. The van der Waals surface area contributed by atoms with Crippen molar-refractivity contribution in [1.29, 1.82) is 0 Å². The summed E-state index contributed by atoms with van der Waals surface area (Å²) >= 11 is 0. The second kappa shape index (κ2) is 9.33. The van der Waals surface area contributed by atoms with Gasteiger partial charge in [0.2, 0.25) is 5.78 Å². The Labute approximate surface area is 193 Å². The van der Waals surface area contributed by atoms with Gasteiger partial charge in [0.25, 0.3) is 0 Å². The summed E-state index contributed by atoms with van der Waals surface area (Å²) in [5.41, 5.74) is 4.86. The first-order valence-electron chi connectivity index (χ1n) is 10.8. The number of carbonyl (C=O) groups excluding carboxylic acids is 2. The molecule has 0 N–H and O–H groups in total. The first-order chi connectivity index (χ1) is 15.9. The van der Waals surface area contributed by atoms with E-state index in [9.17, 15) is 9.59 Å². The lowest BCUT2D eigenvalue weighted by molar-refractivity contribution is 0.0600. The molecule has 3 aromatic rings. The van der Waals surface area contributed by atoms with Gasteiger partial charge in [0.05, 0.1) is 18.2 Å². The molecule has 5 heteroatoms. The van der Waals surface area contributed by atoms with E-state index in [1.165, 1.54) is 12.7 Å². The number of hydrogen-bond acceptors (Lipinski definition) is 5. The lowest BCUT2D eigenvalue weighted by Gasteiger charge is -2.12. The van der Waals surface area contributed by atoms with Crippen LogP contribution in [0.25, 0.3) is 6.08 Å². The van der Waals surface area contributed by atoms with Crippen LogP contribution >= 0.6 is 0 Å². The highest BCUT2D eigenvalue weighted by molar-refractivity contribution is 6.15. The van der Waals surface area contributed by atoms with Gasteiger partial charge in [-0.1, -0.05) is 50.2 Å². The van der Waals surface area contributed by atoms with Crippen molar-refractivity contribution < 1.29 is 23.8 Å². The molecule has 0 atom stereocenters. The Bertz CT molecular complexity index is 1220. The molecule has 5 nitrogen and oxygen atoms in total. The highest BCUT2D eigenvalue weighted by Crippen LogP contribution is 2.39. The number of esters is 1. The fourth-order valence-electron chi connectivity index (χ4n) is 3.67. The van der Waals surface area contributed by atoms with Crippen LogP contribution in [0.3, 0.4) is 0 Å². The number of ketones is 1. The molecule has 0 bridgehead atoms. The molecule has 33 heavy (non-hydrogen) atoms. The molecule has 0 spiro atoms. The van der Waals surface area contributed by atoms with Crippen molar-refractivity contribution >= 4 is 17.8 Å². The molecule has 0 radical (unpaired) electrons. The lowest BCUT2D eigenvalue weighted by Crippen LogP contribution is -2.02. The Hall–Kier alpha value is -3.86. The molecule has 0 saturated carbocycles. The van der Waals surface area contributed by atoms with Crippen molar-refractivity contribution in [2.24, 2.45) is 0 Å². The number of benzene rings is 3. The molecule has 0 amide bonds. The molecular weight excluding hydrogens is 416 g/mol. The van der Waals surface area contributed by atoms with Gasteiger partial charge < -0.3 is 14.2 Å². The molecule has 0 saturated heterocycles. The smallest absolute Gasteiger partial charge is 0.337 e. The third kappa shape index (κ3) is 4.67. The van der Waals surface area contributed by atoms with Crippen LogP contribution in [0.4, 0.5) is 0 Å². The minimum atomic E-state index is -0.376. The zero-order valence-corrected chi connectivity index (χ0v) is 19.2. The zero-order chi connectivity index (χ0) is 23.5. The molecule has 4 rings (SSSR count). The topological polar surface area (TPSA) is 61.8 Å². The average Bonchev–Trinajstić information content (AvgIpc) is 3.14. The van der Waals surface area contributed by atoms with Gasteiger partial charge in [-0.25, -0.2) is 4.79 Å². The number of rotatable bonds is 6. The van der Waals surface area contributed by atoms with Gasteiger partial charge in [-0.3, -0.25) is 4.79 Å². The maximum atomic E-state index is 12.9. The van der Waals surface area contributed by atoms with E-state index >= 15 is 0 Å². The van der Waals surface area contributed by atoms with Crippen molar-refractivity contribution in [1.82, 2.24) is 0 Å². The molecule has 0 unspecified atom stereocenters. The number of fused-ring (bicyclic) bond motifs is 1. The monoisotopic (exact) mass is 442 g/mol. The van der Waals surface area contributed by atoms with Gasteiger partial charge in [0.1, 0.15) is 18.1 Å². The third-order valence-corrected chi connectivity index (χ3v) is 5.71. The Morgan fingerprint density at radius 1 is 1.00 bits per heavy atom. The lowest BCUT2D eigenvalue weighted by atomic mass is 10.0. The highest BCUT2D eigenvalue weighted by Gasteiger charge is 2.30. The molecule has 0 aliphatic carbocycles. The standard InChI is InChI=1S/C28H26O5/c1-17(2)21-9-5-19(6-10-21)15-25-26(29)23-13-14-24(18(3)27(23)33-25)32-16-20-7-11-22(12-8-20)28(30)31-4/h5-15,17H,16H2,1-4H3/b25-15-. The minimum absolute atomic E-state index is 0.133. The number of hydrogen-bond donors (Lipinski definition) is 0. The molecule has 1 aliphatic heterocycles. The Kier molecular flexibility index (Phi) is 6.31. The maximum Gasteiger partial charge on any atom is 0.337 e. The van der Waals surface area contributed by atoms with Crippen LogP contribution in [0.15, 0.2) is 66.4 Å².